The highest BCUT2D eigenvalue weighted by Gasteiger charge is 2.27. The van der Waals surface area contributed by atoms with Gasteiger partial charge in [0.15, 0.2) is 11.5 Å². The standard InChI is InChI=1S/C24H36N2O4/c1-3-30-21-11-9-18(17-22(21)29-2)10-12-23(27)26-15-13-20(14-16-26)25-24(28)19-7-5-4-6-8-19/h9,11,17,19-20H,3-8,10,12-16H2,1-2H3,(H,25,28). The van der Waals surface area contributed by atoms with Gasteiger partial charge in [0.25, 0.3) is 0 Å². The van der Waals surface area contributed by atoms with E-state index in [0.29, 0.717) is 25.2 Å². The average molecular weight is 417 g/mol. The van der Waals surface area contributed by atoms with E-state index in [0.717, 1.165) is 50.1 Å². The van der Waals surface area contributed by atoms with Gasteiger partial charge in [-0.2, -0.15) is 0 Å². The minimum atomic E-state index is 0.180. The second-order valence-electron chi connectivity index (χ2n) is 8.42. The van der Waals surface area contributed by atoms with Crippen molar-refractivity contribution in [2.24, 2.45) is 5.92 Å². The fourth-order valence-electron chi connectivity index (χ4n) is 4.51. The second kappa shape index (κ2) is 11.2. The quantitative estimate of drug-likeness (QED) is 0.701. The SMILES string of the molecule is CCOc1ccc(CCC(=O)N2CCC(NC(=O)C3CCCCC3)CC2)cc1OC. The van der Waals surface area contributed by atoms with E-state index in [9.17, 15) is 9.59 Å². The fourth-order valence-corrected chi connectivity index (χ4v) is 4.51. The monoisotopic (exact) mass is 416 g/mol. The molecule has 0 radical (unpaired) electrons. The van der Waals surface area contributed by atoms with Crippen LogP contribution in [0, 0.1) is 5.92 Å². The Morgan fingerprint density at radius 3 is 2.47 bits per heavy atom. The number of hydrogen-bond acceptors (Lipinski definition) is 4. The van der Waals surface area contributed by atoms with Gasteiger partial charge in [0.05, 0.1) is 13.7 Å². The molecular weight excluding hydrogens is 380 g/mol. The van der Waals surface area contributed by atoms with Gasteiger partial charge >= 0.3 is 0 Å². The van der Waals surface area contributed by atoms with Crippen LogP contribution in [-0.2, 0) is 16.0 Å². The zero-order chi connectivity index (χ0) is 21.3. The smallest absolute Gasteiger partial charge is 0.223 e. The summed E-state index contributed by atoms with van der Waals surface area (Å²) in [4.78, 5) is 27.0. The van der Waals surface area contributed by atoms with E-state index in [4.69, 9.17) is 9.47 Å². The molecule has 30 heavy (non-hydrogen) atoms. The van der Waals surface area contributed by atoms with E-state index in [1.807, 2.05) is 30.0 Å². The number of rotatable bonds is 8. The first-order valence-corrected chi connectivity index (χ1v) is 11.5. The summed E-state index contributed by atoms with van der Waals surface area (Å²) in [5.74, 6) is 2.04. The van der Waals surface area contributed by atoms with Crippen LogP contribution in [-0.4, -0.2) is 49.6 Å². The maximum atomic E-state index is 12.7. The molecule has 1 aromatic rings. The number of nitrogens with one attached hydrogen (secondary N) is 1. The molecule has 1 N–H and O–H groups in total. The van der Waals surface area contributed by atoms with Crippen molar-refractivity contribution in [3.63, 3.8) is 0 Å². The maximum Gasteiger partial charge on any atom is 0.223 e. The van der Waals surface area contributed by atoms with Crippen molar-refractivity contribution in [1.82, 2.24) is 10.2 Å². The number of methoxy groups -OCH3 is 1. The fraction of sp³-hybridized carbons (Fsp3) is 0.667. The lowest BCUT2D eigenvalue weighted by molar-refractivity contribution is -0.132. The van der Waals surface area contributed by atoms with Gasteiger partial charge in [0, 0.05) is 31.5 Å². The van der Waals surface area contributed by atoms with Crippen molar-refractivity contribution in [2.75, 3.05) is 26.8 Å². The minimum absolute atomic E-state index is 0.180. The summed E-state index contributed by atoms with van der Waals surface area (Å²) in [5, 5.41) is 3.23. The number of likely N-dealkylation sites (tertiary alicyclic amines) is 1. The molecule has 0 unspecified atom stereocenters. The Bertz CT molecular complexity index is 707. The molecule has 3 rings (SSSR count). The van der Waals surface area contributed by atoms with Gasteiger partial charge in [-0.1, -0.05) is 25.3 Å². The summed E-state index contributed by atoms with van der Waals surface area (Å²) in [6.45, 7) is 3.98. The van der Waals surface area contributed by atoms with Crippen molar-refractivity contribution >= 4 is 11.8 Å². The molecule has 0 aromatic heterocycles. The van der Waals surface area contributed by atoms with Crippen molar-refractivity contribution in [2.45, 2.75) is 70.8 Å². The van der Waals surface area contributed by atoms with E-state index in [1.54, 1.807) is 7.11 Å². The van der Waals surface area contributed by atoms with Crippen LogP contribution in [0.3, 0.4) is 0 Å². The predicted octanol–water partition coefficient (Wildman–Crippen LogP) is 3.71. The summed E-state index contributed by atoms with van der Waals surface area (Å²) in [6.07, 6.45) is 8.52. The van der Waals surface area contributed by atoms with Gasteiger partial charge in [0.1, 0.15) is 0 Å². The van der Waals surface area contributed by atoms with Crippen LogP contribution in [0.5, 0.6) is 11.5 Å². The number of aryl methyl sites for hydroxylation is 1. The normalized spacial score (nSPS) is 18.1. The molecule has 1 saturated carbocycles. The number of ether oxygens (including phenoxy) is 2. The molecule has 2 fully saturated rings. The van der Waals surface area contributed by atoms with Gasteiger partial charge in [-0.05, 0) is 56.7 Å². The first-order chi connectivity index (χ1) is 14.6. The number of amides is 2. The molecule has 166 valence electrons. The number of nitrogens with zero attached hydrogens (tertiary/aromatic N) is 1. The zero-order valence-corrected chi connectivity index (χ0v) is 18.5. The van der Waals surface area contributed by atoms with Gasteiger partial charge in [-0.15, -0.1) is 0 Å². The summed E-state index contributed by atoms with van der Waals surface area (Å²) >= 11 is 0. The van der Waals surface area contributed by atoms with Crippen LogP contribution < -0.4 is 14.8 Å². The van der Waals surface area contributed by atoms with E-state index in [-0.39, 0.29) is 23.8 Å². The lowest BCUT2D eigenvalue weighted by Gasteiger charge is -2.33. The van der Waals surface area contributed by atoms with Crippen LogP contribution in [0.15, 0.2) is 18.2 Å². The molecule has 1 heterocycles. The molecular formula is C24H36N2O4. The summed E-state index contributed by atoms with van der Waals surface area (Å²) in [5.41, 5.74) is 1.07. The molecule has 2 aliphatic rings. The first kappa shape index (κ1) is 22.4. The first-order valence-electron chi connectivity index (χ1n) is 11.5. The van der Waals surface area contributed by atoms with Crippen molar-refractivity contribution in [3.05, 3.63) is 23.8 Å². The highest BCUT2D eigenvalue weighted by atomic mass is 16.5. The molecule has 2 amide bonds. The molecule has 0 atom stereocenters. The Hall–Kier alpha value is -2.24. The van der Waals surface area contributed by atoms with Crippen LogP contribution >= 0.6 is 0 Å². The van der Waals surface area contributed by atoms with Gasteiger partial charge in [-0.3, -0.25) is 9.59 Å². The van der Waals surface area contributed by atoms with Crippen molar-refractivity contribution in [1.29, 1.82) is 0 Å². The number of piperidine rings is 1. The van der Waals surface area contributed by atoms with Gasteiger partial charge in [-0.25, -0.2) is 0 Å². The summed E-state index contributed by atoms with van der Waals surface area (Å²) < 4.78 is 10.9. The highest BCUT2D eigenvalue weighted by Crippen LogP contribution is 2.29. The van der Waals surface area contributed by atoms with Crippen LogP contribution in [0.25, 0.3) is 0 Å². The molecule has 6 heteroatoms. The van der Waals surface area contributed by atoms with E-state index in [1.165, 1.54) is 19.3 Å². The maximum absolute atomic E-state index is 12.7. The topological polar surface area (TPSA) is 67.9 Å². The third kappa shape index (κ3) is 6.13. The van der Waals surface area contributed by atoms with Gasteiger partial charge in [0.2, 0.25) is 11.8 Å². The average Bonchev–Trinajstić information content (AvgIpc) is 2.79. The third-order valence-corrected chi connectivity index (χ3v) is 6.33. The Kier molecular flexibility index (Phi) is 8.40. The molecule has 0 spiro atoms. The minimum Gasteiger partial charge on any atom is -0.493 e. The summed E-state index contributed by atoms with van der Waals surface area (Å²) in [6, 6.07) is 6.06. The van der Waals surface area contributed by atoms with Crippen LogP contribution in [0.1, 0.15) is 63.9 Å². The van der Waals surface area contributed by atoms with E-state index in [2.05, 4.69) is 5.32 Å². The Morgan fingerprint density at radius 2 is 1.80 bits per heavy atom. The van der Waals surface area contributed by atoms with E-state index >= 15 is 0 Å². The summed E-state index contributed by atoms with van der Waals surface area (Å²) in [7, 11) is 1.63. The number of carbonyl (C=O) groups is 2. The Morgan fingerprint density at radius 1 is 1.07 bits per heavy atom. The third-order valence-electron chi connectivity index (χ3n) is 6.33. The molecule has 1 aliphatic heterocycles. The molecule has 0 bridgehead atoms. The largest absolute Gasteiger partial charge is 0.493 e. The molecule has 1 aromatic carbocycles. The van der Waals surface area contributed by atoms with Gasteiger partial charge < -0.3 is 19.7 Å². The molecule has 6 nitrogen and oxygen atoms in total. The number of carbonyl (C=O) groups excluding carboxylic acids is 2. The Labute approximate surface area is 180 Å². The van der Waals surface area contributed by atoms with Crippen LogP contribution in [0.4, 0.5) is 0 Å². The second-order valence-corrected chi connectivity index (χ2v) is 8.42. The molecule has 1 saturated heterocycles. The number of benzene rings is 1. The Balaban J connectivity index is 1.41. The molecule has 1 aliphatic carbocycles. The lowest BCUT2D eigenvalue weighted by Crippen LogP contribution is -2.48. The highest BCUT2D eigenvalue weighted by molar-refractivity contribution is 5.79. The van der Waals surface area contributed by atoms with E-state index < -0.39 is 0 Å². The van der Waals surface area contributed by atoms with Crippen molar-refractivity contribution < 1.29 is 19.1 Å². The lowest BCUT2D eigenvalue weighted by atomic mass is 9.88. The number of hydrogen-bond donors (Lipinski definition) is 1. The zero-order valence-electron chi connectivity index (χ0n) is 18.5. The van der Waals surface area contributed by atoms with Crippen molar-refractivity contribution in [3.8, 4) is 11.5 Å². The van der Waals surface area contributed by atoms with Crippen LogP contribution in [0.2, 0.25) is 0 Å². The predicted molar refractivity (Wildman–Crippen MR) is 117 cm³/mol.